The highest BCUT2D eigenvalue weighted by Crippen LogP contribution is 2.43. The molecule has 0 aliphatic carbocycles. The van der Waals surface area contributed by atoms with Gasteiger partial charge in [-0.15, -0.1) is 8.78 Å². The standard InChI is InChI=1S/C20H15F2N3O6/c21-20(22)30-14-6-5-11(9-15(14)31-20)23-16(26)10-25-17(27)19(24-18(25)28)7-8-29-13-4-2-1-3-12(13)19/h1-6,9H,7-8,10H2,(H,23,26)(H,24,28)/t19-/m1/s1. The minimum atomic E-state index is -3.78. The molecule has 1 saturated heterocycles. The van der Waals surface area contributed by atoms with E-state index in [4.69, 9.17) is 4.74 Å². The number of nitrogens with one attached hydrogen (secondary N) is 2. The maximum atomic E-state index is 13.2. The summed E-state index contributed by atoms with van der Waals surface area (Å²) in [6.45, 7) is -0.328. The van der Waals surface area contributed by atoms with Crippen LogP contribution in [0.25, 0.3) is 0 Å². The van der Waals surface area contributed by atoms with Crippen molar-refractivity contribution in [2.45, 2.75) is 18.3 Å². The first-order valence-electron chi connectivity index (χ1n) is 9.34. The largest absolute Gasteiger partial charge is 0.586 e. The van der Waals surface area contributed by atoms with Crippen LogP contribution in [0.3, 0.4) is 0 Å². The number of anilines is 1. The van der Waals surface area contributed by atoms with Gasteiger partial charge in [0.2, 0.25) is 5.91 Å². The molecular weight excluding hydrogens is 416 g/mol. The highest BCUT2D eigenvalue weighted by atomic mass is 19.3. The van der Waals surface area contributed by atoms with Gasteiger partial charge in [-0.25, -0.2) is 4.79 Å². The van der Waals surface area contributed by atoms with Gasteiger partial charge in [-0.2, -0.15) is 0 Å². The molecule has 3 aliphatic rings. The van der Waals surface area contributed by atoms with Gasteiger partial charge in [0.1, 0.15) is 12.3 Å². The number of rotatable bonds is 3. The topological polar surface area (TPSA) is 106 Å². The van der Waals surface area contributed by atoms with Gasteiger partial charge in [-0.05, 0) is 18.2 Å². The molecule has 9 nitrogen and oxygen atoms in total. The maximum Gasteiger partial charge on any atom is 0.586 e. The lowest BCUT2D eigenvalue weighted by molar-refractivity contribution is -0.286. The first kappa shape index (κ1) is 19.1. The second-order valence-corrected chi connectivity index (χ2v) is 7.20. The highest BCUT2D eigenvalue weighted by molar-refractivity contribution is 6.10. The molecule has 1 spiro atoms. The Bertz CT molecular complexity index is 1120. The molecule has 4 amide bonds. The maximum absolute atomic E-state index is 13.2. The summed E-state index contributed by atoms with van der Waals surface area (Å²) in [7, 11) is 0. The Labute approximate surface area is 173 Å². The Morgan fingerprint density at radius 2 is 1.87 bits per heavy atom. The van der Waals surface area contributed by atoms with Crippen LogP contribution in [-0.2, 0) is 15.1 Å². The summed E-state index contributed by atoms with van der Waals surface area (Å²) >= 11 is 0. The number of carbonyl (C=O) groups is 3. The number of para-hydroxylation sites is 1. The van der Waals surface area contributed by atoms with Crippen molar-refractivity contribution in [3.05, 3.63) is 48.0 Å². The number of hydrogen-bond donors (Lipinski definition) is 2. The quantitative estimate of drug-likeness (QED) is 0.722. The molecule has 1 fully saturated rings. The van der Waals surface area contributed by atoms with E-state index in [1.165, 1.54) is 12.1 Å². The van der Waals surface area contributed by atoms with Crippen LogP contribution in [-0.4, -0.2) is 42.2 Å². The molecule has 3 aliphatic heterocycles. The zero-order valence-corrected chi connectivity index (χ0v) is 15.8. The van der Waals surface area contributed by atoms with Crippen LogP contribution in [0.15, 0.2) is 42.5 Å². The van der Waals surface area contributed by atoms with E-state index in [0.29, 0.717) is 11.3 Å². The third-order valence-corrected chi connectivity index (χ3v) is 5.24. The summed E-state index contributed by atoms with van der Waals surface area (Å²) in [5.74, 6) is -1.17. The molecule has 31 heavy (non-hydrogen) atoms. The lowest BCUT2D eigenvalue weighted by Crippen LogP contribution is -2.48. The number of alkyl halides is 2. The molecular formula is C20H15F2N3O6. The number of ether oxygens (including phenoxy) is 3. The SMILES string of the molecule is O=C(CN1C(=O)N[C@@]2(CCOc3ccccc32)C1=O)Nc1ccc2c(c1)OC(F)(F)O2. The van der Waals surface area contributed by atoms with Crippen molar-refractivity contribution in [2.75, 3.05) is 18.5 Å². The fraction of sp³-hybridized carbons (Fsp3) is 0.250. The molecule has 2 aromatic rings. The van der Waals surface area contributed by atoms with Gasteiger partial charge in [-0.3, -0.25) is 14.5 Å². The summed E-state index contributed by atoms with van der Waals surface area (Å²) in [4.78, 5) is 39.0. The monoisotopic (exact) mass is 431 g/mol. The summed E-state index contributed by atoms with van der Waals surface area (Å²) in [5, 5.41) is 5.15. The molecule has 0 saturated carbocycles. The molecule has 1 atom stereocenters. The smallest absolute Gasteiger partial charge is 0.493 e. The molecule has 0 bridgehead atoms. The average molecular weight is 431 g/mol. The molecule has 2 aromatic carbocycles. The van der Waals surface area contributed by atoms with Gasteiger partial charge < -0.3 is 24.8 Å². The number of fused-ring (bicyclic) bond motifs is 3. The molecule has 2 N–H and O–H groups in total. The normalized spacial score (nSPS) is 22.7. The van der Waals surface area contributed by atoms with Crippen LogP contribution in [0, 0.1) is 0 Å². The average Bonchev–Trinajstić information content (AvgIpc) is 3.15. The van der Waals surface area contributed by atoms with E-state index in [1.54, 1.807) is 24.3 Å². The lowest BCUT2D eigenvalue weighted by Gasteiger charge is -2.33. The van der Waals surface area contributed by atoms with Crippen molar-refractivity contribution < 1.29 is 37.4 Å². The van der Waals surface area contributed by atoms with E-state index in [0.717, 1.165) is 11.0 Å². The second-order valence-electron chi connectivity index (χ2n) is 7.20. The number of halogens is 2. The van der Waals surface area contributed by atoms with E-state index in [-0.39, 0.29) is 30.2 Å². The zero-order chi connectivity index (χ0) is 21.8. The fourth-order valence-corrected chi connectivity index (χ4v) is 3.89. The Hall–Kier alpha value is -3.89. The minimum Gasteiger partial charge on any atom is -0.493 e. The second kappa shape index (κ2) is 6.56. The molecule has 160 valence electrons. The first-order valence-corrected chi connectivity index (χ1v) is 9.34. The van der Waals surface area contributed by atoms with Crippen molar-refractivity contribution >= 4 is 23.5 Å². The number of hydrogen-bond acceptors (Lipinski definition) is 6. The van der Waals surface area contributed by atoms with Gasteiger partial charge in [0.25, 0.3) is 5.91 Å². The van der Waals surface area contributed by atoms with Gasteiger partial charge >= 0.3 is 12.3 Å². The highest BCUT2D eigenvalue weighted by Gasteiger charge is 2.55. The number of urea groups is 1. The molecule has 5 rings (SSSR count). The van der Waals surface area contributed by atoms with Crippen molar-refractivity contribution in [3.8, 4) is 17.2 Å². The third kappa shape index (κ3) is 3.09. The predicted molar refractivity (Wildman–Crippen MR) is 99.8 cm³/mol. The molecule has 0 aromatic heterocycles. The molecule has 0 radical (unpaired) electrons. The van der Waals surface area contributed by atoms with E-state index < -0.39 is 36.2 Å². The molecule has 3 heterocycles. The van der Waals surface area contributed by atoms with Crippen molar-refractivity contribution in [3.63, 3.8) is 0 Å². The summed E-state index contributed by atoms with van der Waals surface area (Å²) in [6, 6.07) is 9.89. The van der Waals surface area contributed by atoms with Crippen LogP contribution in [0.1, 0.15) is 12.0 Å². The van der Waals surface area contributed by atoms with E-state index >= 15 is 0 Å². The van der Waals surface area contributed by atoms with Gasteiger partial charge in [-0.1, -0.05) is 18.2 Å². The number of imide groups is 1. The van der Waals surface area contributed by atoms with Crippen molar-refractivity contribution in [1.29, 1.82) is 0 Å². The Kier molecular flexibility index (Phi) is 4.04. The summed E-state index contributed by atoms with van der Waals surface area (Å²) < 4.78 is 40.5. The van der Waals surface area contributed by atoms with Crippen LogP contribution >= 0.6 is 0 Å². The Morgan fingerprint density at radius 1 is 1.10 bits per heavy atom. The zero-order valence-electron chi connectivity index (χ0n) is 15.8. The fourth-order valence-electron chi connectivity index (χ4n) is 3.89. The van der Waals surface area contributed by atoms with E-state index in [9.17, 15) is 23.2 Å². The van der Waals surface area contributed by atoms with E-state index in [2.05, 4.69) is 20.1 Å². The number of nitrogens with zero attached hydrogens (tertiary/aromatic N) is 1. The summed E-state index contributed by atoms with van der Waals surface area (Å²) in [6.07, 6.45) is -3.55. The lowest BCUT2D eigenvalue weighted by atomic mass is 9.84. The van der Waals surface area contributed by atoms with Crippen molar-refractivity contribution in [2.24, 2.45) is 0 Å². The van der Waals surface area contributed by atoms with Crippen LogP contribution in [0.5, 0.6) is 17.2 Å². The first-order chi connectivity index (χ1) is 14.8. The Morgan fingerprint density at radius 3 is 2.71 bits per heavy atom. The van der Waals surface area contributed by atoms with E-state index in [1.807, 2.05) is 0 Å². The van der Waals surface area contributed by atoms with Crippen LogP contribution in [0.2, 0.25) is 0 Å². The Balaban J connectivity index is 1.32. The summed E-state index contributed by atoms with van der Waals surface area (Å²) in [5.41, 5.74) is -0.626. The number of benzene rings is 2. The predicted octanol–water partition coefficient (Wildman–Crippen LogP) is 2.18. The van der Waals surface area contributed by atoms with Gasteiger partial charge in [0, 0.05) is 23.7 Å². The molecule has 11 heteroatoms. The third-order valence-electron chi connectivity index (χ3n) is 5.24. The van der Waals surface area contributed by atoms with Gasteiger partial charge in [0.05, 0.1) is 6.61 Å². The number of carbonyl (C=O) groups excluding carboxylic acids is 3. The van der Waals surface area contributed by atoms with Crippen molar-refractivity contribution in [1.82, 2.24) is 10.2 Å². The number of amides is 4. The van der Waals surface area contributed by atoms with Crippen LogP contribution in [0.4, 0.5) is 19.3 Å². The molecule has 0 unspecified atom stereocenters. The minimum absolute atomic E-state index is 0.142. The van der Waals surface area contributed by atoms with Gasteiger partial charge in [0.15, 0.2) is 17.0 Å². The van der Waals surface area contributed by atoms with Crippen LogP contribution < -0.4 is 24.8 Å².